The van der Waals surface area contributed by atoms with Gasteiger partial charge in [-0.05, 0) is 55.7 Å². The highest BCUT2D eigenvalue weighted by molar-refractivity contribution is 5.58. The second-order valence-corrected chi connectivity index (χ2v) is 7.91. The van der Waals surface area contributed by atoms with Crippen LogP contribution in [-0.4, -0.2) is 15.0 Å². The monoisotopic (exact) mass is 412 g/mol. The van der Waals surface area contributed by atoms with Crippen molar-refractivity contribution in [3.05, 3.63) is 112 Å². The summed E-state index contributed by atoms with van der Waals surface area (Å²) in [6.45, 7) is 6.00. The van der Waals surface area contributed by atoms with Gasteiger partial charge in [-0.1, -0.05) is 59.7 Å². The Morgan fingerprint density at radius 2 is 1.29 bits per heavy atom. The summed E-state index contributed by atoms with van der Waals surface area (Å²) in [6.07, 6.45) is 1.23. The van der Waals surface area contributed by atoms with Gasteiger partial charge in [0.05, 0.1) is 0 Å². The van der Waals surface area contributed by atoms with Crippen molar-refractivity contribution < 1.29 is 4.39 Å². The summed E-state index contributed by atoms with van der Waals surface area (Å²) in [7, 11) is 0. The zero-order valence-electron chi connectivity index (χ0n) is 18.0. The summed E-state index contributed by atoms with van der Waals surface area (Å²) < 4.78 is 13.5. The Bertz CT molecular complexity index is 1150. The summed E-state index contributed by atoms with van der Waals surface area (Å²) in [5.41, 5.74) is 6.27. The number of aryl methyl sites for hydroxylation is 3. The second-order valence-electron chi connectivity index (χ2n) is 7.91. The number of benzene rings is 3. The predicted molar refractivity (Wildman–Crippen MR) is 122 cm³/mol. The molecular weight excluding hydrogens is 387 g/mol. The number of hydrogen-bond donors (Lipinski definition) is 1. The van der Waals surface area contributed by atoms with Crippen molar-refractivity contribution in [3.8, 4) is 0 Å². The number of anilines is 2. The summed E-state index contributed by atoms with van der Waals surface area (Å²) in [5, 5.41) is 3.25. The quantitative estimate of drug-likeness (QED) is 0.431. The molecule has 4 aromatic rings. The molecule has 0 saturated carbocycles. The van der Waals surface area contributed by atoms with Crippen LogP contribution in [0, 0.1) is 26.6 Å². The molecule has 0 saturated heterocycles. The van der Waals surface area contributed by atoms with Crippen LogP contribution in [-0.2, 0) is 12.8 Å². The van der Waals surface area contributed by atoms with Crippen molar-refractivity contribution >= 4 is 11.6 Å². The highest BCUT2D eigenvalue weighted by atomic mass is 19.1. The first kappa shape index (κ1) is 20.7. The average Bonchev–Trinajstić information content (AvgIpc) is 2.70. The van der Waals surface area contributed by atoms with Crippen molar-refractivity contribution in [2.24, 2.45) is 0 Å². The van der Waals surface area contributed by atoms with E-state index < -0.39 is 0 Å². The molecule has 1 aromatic heterocycles. The van der Waals surface area contributed by atoms with Crippen LogP contribution in [0.3, 0.4) is 0 Å². The van der Waals surface area contributed by atoms with Crippen molar-refractivity contribution in [2.45, 2.75) is 33.6 Å². The predicted octanol–water partition coefficient (Wildman–Crippen LogP) is 5.86. The Labute approximate surface area is 182 Å². The minimum Gasteiger partial charge on any atom is -0.324 e. The Balaban J connectivity index is 1.68. The van der Waals surface area contributed by atoms with Crippen LogP contribution >= 0.6 is 0 Å². The zero-order valence-corrected chi connectivity index (χ0v) is 18.0. The van der Waals surface area contributed by atoms with Gasteiger partial charge in [-0.25, -0.2) is 9.37 Å². The van der Waals surface area contributed by atoms with Crippen molar-refractivity contribution in [1.29, 1.82) is 0 Å². The van der Waals surface area contributed by atoms with Crippen LogP contribution in [0.1, 0.15) is 39.5 Å². The summed E-state index contributed by atoms with van der Waals surface area (Å²) in [6, 6.07) is 21.3. The number of aromatic nitrogens is 3. The summed E-state index contributed by atoms with van der Waals surface area (Å²) >= 11 is 0. The van der Waals surface area contributed by atoms with Crippen LogP contribution in [0.5, 0.6) is 0 Å². The SMILES string of the molecule is Cc1cccc(Cc2nc(Cc3cccc(C)c3)nc(Nc3ccc(F)cc3C)n2)c1. The molecule has 5 heteroatoms. The number of nitrogens with zero attached hydrogens (tertiary/aromatic N) is 3. The molecule has 1 heterocycles. The zero-order chi connectivity index (χ0) is 21.8. The fourth-order valence-corrected chi connectivity index (χ4v) is 3.58. The first-order valence-corrected chi connectivity index (χ1v) is 10.3. The molecule has 0 amide bonds. The normalized spacial score (nSPS) is 10.8. The van der Waals surface area contributed by atoms with Gasteiger partial charge in [0.25, 0.3) is 0 Å². The Hall–Kier alpha value is -3.60. The van der Waals surface area contributed by atoms with Gasteiger partial charge in [-0.3, -0.25) is 0 Å². The largest absolute Gasteiger partial charge is 0.324 e. The lowest BCUT2D eigenvalue weighted by molar-refractivity contribution is 0.627. The maximum atomic E-state index is 13.5. The van der Waals surface area contributed by atoms with Crippen LogP contribution in [0.4, 0.5) is 16.0 Å². The Morgan fingerprint density at radius 3 is 1.81 bits per heavy atom. The third kappa shape index (κ3) is 5.51. The van der Waals surface area contributed by atoms with E-state index in [0.29, 0.717) is 30.4 Å². The highest BCUT2D eigenvalue weighted by Crippen LogP contribution is 2.20. The van der Waals surface area contributed by atoms with E-state index in [4.69, 9.17) is 4.98 Å². The van der Waals surface area contributed by atoms with Crippen LogP contribution in [0.15, 0.2) is 66.7 Å². The summed E-state index contributed by atoms with van der Waals surface area (Å²) in [4.78, 5) is 14.0. The Kier molecular flexibility index (Phi) is 6.03. The van der Waals surface area contributed by atoms with Gasteiger partial charge >= 0.3 is 0 Å². The van der Waals surface area contributed by atoms with E-state index >= 15 is 0 Å². The van der Waals surface area contributed by atoms with Crippen LogP contribution in [0.25, 0.3) is 0 Å². The van der Waals surface area contributed by atoms with Gasteiger partial charge in [0.1, 0.15) is 17.5 Å². The molecule has 0 aliphatic heterocycles. The maximum Gasteiger partial charge on any atom is 0.230 e. The topological polar surface area (TPSA) is 50.7 Å². The number of hydrogen-bond acceptors (Lipinski definition) is 4. The molecule has 0 aliphatic rings. The molecule has 4 nitrogen and oxygen atoms in total. The van der Waals surface area contributed by atoms with E-state index in [2.05, 4.69) is 65.5 Å². The van der Waals surface area contributed by atoms with Gasteiger partial charge in [0.15, 0.2) is 0 Å². The molecule has 0 unspecified atom stereocenters. The molecule has 0 bridgehead atoms. The van der Waals surface area contributed by atoms with E-state index in [1.165, 1.54) is 23.3 Å². The molecule has 156 valence electrons. The smallest absolute Gasteiger partial charge is 0.230 e. The number of rotatable bonds is 6. The maximum absolute atomic E-state index is 13.5. The molecule has 1 N–H and O–H groups in total. The third-order valence-electron chi connectivity index (χ3n) is 5.05. The van der Waals surface area contributed by atoms with Crippen molar-refractivity contribution in [2.75, 3.05) is 5.32 Å². The van der Waals surface area contributed by atoms with E-state index in [1.807, 2.05) is 19.1 Å². The lowest BCUT2D eigenvalue weighted by atomic mass is 10.1. The van der Waals surface area contributed by atoms with Gasteiger partial charge < -0.3 is 5.32 Å². The lowest BCUT2D eigenvalue weighted by Gasteiger charge is -2.11. The molecule has 0 spiro atoms. The first-order valence-electron chi connectivity index (χ1n) is 10.3. The van der Waals surface area contributed by atoms with Crippen molar-refractivity contribution in [3.63, 3.8) is 0 Å². The minimum absolute atomic E-state index is 0.265. The van der Waals surface area contributed by atoms with Crippen molar-refractivity contribution in [1.82, 2.24) is 15.0 Å². The number of halogens is 1. The third-order valence-corrected chi connectivity index (χ3v) is 5.05. The van der Waals surface area contributed by atoms with Crippen LogP contribution < -0.4 is 5.32 Å². The minimum atomic E-state index is -0.265. The molecular formula is C26H25FN4. The molecule has 4 rings (SSSR count). The van der Waals surface area contributed by atoms with Gasteiger partial charge in [-0.2, -0.15) is 9.97 Å². The average molecular weight is 413 g/mol. The fourth-order valence-electron chi connectivity index (χ4n) is 3.58. The molecule has 0 fully saturated rings. The fraction of sp³-hybridized carbons (Fsp3) is 0.192. The van der Waals surface area contributed by atoms with E-state index in [0.717, 1.165) is 22.4 Å². The Morgan fingerprint density at radius 1 is 0.710 bits per heavy atom. The summed E-state index contributed by atoms with van der Waals surface area (Å²) in [5.74, 6) is 1.60. The number of nitrogens with one attached hydrogen (secondary N) is 1. The molecule has 31 heavy (non-hydrogen) atoms. The second kappa shape index (κ2) is 9.04. The van der Waals surface area contributed by atoms with Gasteiger partial charge in [0.2, 0.25) is 5.95 Å². The molecule has 3 aromatic carbocycles. The van der Waals surface area contributed by atoms with E-state index in [9.17, 15) is 4.39 Å². The molecule has 0 aliphatic carbocycles. The first-order chi connectivity index (χ1) is 14.9. The van der Waals surface area contributed by atoms with E-state index in [-0.39, 0.29) is 5.82 Å². The standard InChI is InChI=1S/C26H25FN4/c1-17-6-4-8-20(12-17)15-24-29-25(16-21-9-5-7-18(2)13-21)31-26(30-24)28-23-11-10-22(27)14-19(23)3/h4-14H,15-16H2,1-3H3,(H,28,29,30,31). The molecule has 0 radical (unpaired) electrons. The van der Waals surface area contributed by atoms with Gasteiger partial charge in [-0.15, -0.1) is 0 Å². The van der Waals surface area contributed by atoms with Gasteiger partial charge in [0, 0.05) is 18.5 Å². The van der Waals surface area contributed by atoms with E-state index in [1.54, 1.807) is 6.07 Å². The van der Waals surface area contributed by atoms with Crippen LogP contribution in [0.2, 0.25) is 0 Å². The molecule has 0 atom stereocenters. The lowest BCUT2D eigenvalue weighted by Crippen LogP contribution is -2.09. The highest BCUT2D eigenvalue weighted by Gasteiger charge is 2.11.